The third-order valence-electron chi connectivity index (χ3n) is 6.55. The molecule has 1 atom stereocenters. The zero-order chi connectivity index (χ0) is 23.1. The number of carbonyl (C=O) groups excluding carboxylic acids is 1. The second-order valence-electron chi connectivity index (χ2n) is 8.54. The molecule has 1 unspecified atom stereocenters. The van der Waals surface area contributed by atoms with E-state index in [9.17, 15) is 4.79 Å². The van der Waals surface area contributed by atoms with Crippen molar-refractivity contribution in [2.45, 2.75) is 31.8 Å². The summed E-state index contributed by atoms with van der Waals surface area (Å²) in [6, 6.07) is 17.5. The molecule has 2 aromatic carbocycles. The van der Waals surface area contributed by atoms with Crippen molar-refractivity contribution in [3.63, 3.8) is 0 Å². The number of halogens is 1. The highest BCUT2D eigenvalue weighted by Gasteiger charge is 2.42. The van der Waals surface area contributed by atoms with E-state index in [1.165, 1.54) is 5.69 Å². The maximum atomic E-state index is 12.4. The monoisotopic (exact) mass is 469 g/mol. The molecular weight excluding hydrogens is 438 g/mol. The Bertz CT molecular complexity index is 949. The van der Waals surface area contributed by atoms with Crippen LogP contribution in [0.25, 0.3) is 0 Å². The predicted molar refractivity (Wildman–Crippen MR) is 131 cm³/mol. The molecule has 2 aliphatic heterocycles. The number of urea groups is 1. The van der Waals surface area contributed by atoms with Crippen LogP contribution in [0.3, 0.4) is 0 Å². The Balaban J connectivity index is 1.24. The van der Waals surface area contributed by atoms with Crippen molar-refractivity contribution < 1.29 is 9.53 Å². The lowest BCUT2D eigenvalue weighted by Gasteiger charge is -2.37. The lowest BCUT2D eigenvalue weighted by Crippen LogP contribution is -2.49. The fourth-order valence-electron chi connectivity index (χ4n) is 4.61. The minimum absolute atomic E-state index is 0.261. The van der Waals surface area contributed by atoms with Gasteiger partial charge in [0.25, 0.3) is 0 Å². The molecule has 0 aliphatic carbocycles. The average molecular weight is 470 g/mol. The largest absolute Gasteiger partial charge is 0.492 e. The number of hydrogen-bond donors (Lipinski definition) is 0. The first-order chi connectivity index (χ1) is 16.1. The molecular formula is C25H32ClN5O2. The van der Waals surface area contributed by atoms with E-state index in [2.05, 4.69) is 33.0 Å². The van der Waals surface area contributed by atoms with Gasteiger partial charge in [0.15, 0.2) is 5.66 Å². The summed E-state index contributed by atoms with van der Waals surface area (Å²) in [6.07, 6.45) is 2.52. The Morgan fingerprint density at radius 3 is 2.55 bits per heavy atom. The molecule has 2 aromatic rings. The van der Waals surface area contributed by atoms with Crippen molar-refractivity contribution in [1.82, 2.24) is 9.80 Å². The minimum Gasteiger partial charge on any atom is -0.492 e. The van der Waals surface area contributed by atoms with Gasteiger partial charge in [-0.1, -0.05) is 47.9 Å². The second-order valence-corrected chi connectivity index (χ2v) is 8.98. The molecule has 0 N–H and O–H groups in total. The van der Waals surface area contributed by atoms with Crippen molar-refractivity contribution in [3.8, 4) is 5.75 Å². The van der Waals surface area contributed by atoms with Crippen LogP contribution in [-0.4, -0.2) is 67.4 Å². The number of anilines is 1. The van der Waals surface area contributed by atoms with Gasteiger partial charge in [-0.25, -0.2) is 4.79 Å². The maximum absolute atomic E-state index is 12.4. The van der Waals surface area contributed by atoms with Gasteiger partial charge in [-0.05, 0) is 56.1 Å². The summed E-state index contributed by atoms with van der Waals surface area (Å²) < 4.78 is 5.81. The molecule has 0 spiro atoms. The Kier molecular flexibility index (Phi) is 7.83. The Morgan fingerprint density at radius 1 is 1.03 bits per heavy atom. The molecule has 33 heavy (non-hydrogen) atoms. The van der Waals surface area contributed by atoms with E-state index in [0.717, 1.165) is 62.8 Å². The van der Waals surface area contributed by atoms with Crippen molar-refractivity contribution in [2.24, 2.45) is 10.2 Å². The van der Waals surface area contributed by atoms with E-state index in [1.807, 2.05) is 48.5 Å². The van der Waals surface area contributed by atoms with Crippen LogP contribution >= 0.6 is 11.6 Å². The molecule has 2 aliphatic rings. The Labute approximate surface area is 201 Å². The summed E-state index contributed by atoms with van der Waals surface area (Å²) in [5.41, 5.74) is 0.630. The third kappa shape index (κ3) is 5.84. The van der Waals surface area contributed by atoms with E-state index in [4.69, 9.17) is 16.3 Å². The van der Waals surface area contributed by atoms with Gasteiger partial charge in [0.05, 0.1) is 6.54 Å². The number of rotatable bonds is 10. The standard InChI is InChI=1S/C25H32ClN5O2/c1-2-25(28-27-24(32)31(25)18-19-33-23-10-4-3-5-11-23)12-7-13-29-14-16-30(17-15-29)22-9-6-8-21(26)20-22/h3-6,8-11,20H,2,7,12-19H2,1H3. The zero-order valence-electron chi connectivity index (χ0n) is 19.2. The fourth-order valence-corrected chi connectivity index (χ4v) is 4.79. The molecule has 1 saturated heterocycles. The summed E-state index contributed by atoms with van der Waals surface area (Å²) in [4.78, 5) is 19.1. The van der Waals surface area contributed by atoms with Crippen molar-refractivity contribution in [1.29, 1.82) is 0 Å². The Morgan fingerprint density at radius 2 is 1.82 bits per heavy atom. The third-order valence-corrected chi connectivity index (χ3v) is 6.78. The molecule has 0 radical (unpaired) electrons. The van der Waals surface area contributed by atoms with Crippen LogP contribution in [0, 0.1) is 0 Å². The van der Waals surface area contributed by atoms with Crippen LogP contribution in [0.2, 0.25) is 5.02 Å². The lowest BCUT2D eigenvalue weighted by atomic mass is 9.99. The number of hydrogen-bond acceptors (Lipinski definition) is 5. The molecule has 176 valence electrons. The molecule has 0 saturated carbocycles. The number of nitrogens with zero attached hydrogens (tertiary/aromatic N) is 5. The highest BCUT2D eigenvalue weighted by atomic mass is 35.5. The van der Waals surface area contributed by atoms with Gasteiger partial charge in [-0.2, -0.15) is 5.11 Å². The molecule has 2 heterocycles. The topological polar surface area (TPSA) is 60.7 Å². The highest BCUT2D eigenvalue weighted by Crippen LogP contribution is 2.33. The Hall–Kier alpha value is -2.64. The zero-order valence-corrected chi connectivity index (χ0v) is 20.0. The molecule has 8 heteroatoms. The number of piperazine rings is 1. The first-order valence-electron chi connectivity index (χ1n) is 11.7. The summed E-state index contributed by atoms with van der Waals surface area (Å²) in [7, 11) is 0. The highest BCUT2D eigenvalue weighted by molar-refractivity contribution is 6.30. The number of azo groups is 1. The average Bonchev–Trinajstić information content (AvgIpc) is 3.16. The number of amides is 2. The summed E-state index contributed by atoms with van der Waals surface area (Å²) in [5.74, 6) is 0.803. The van der Waals surface area contributed by atoms with Crippen LogP contribution in [0.1, 0.15) is 26.2 Å². The molecule has 7 nitrogen and oxygen atoms in total. The summed E-state index contributed by atoms with van der Waals surface area (Å²) in [5, 5.41) is 9.11. The van der Waals surface area contributed by atoms with Gasteiger partial charge < -0.3 is 9.64 Å². The van der Waals surface area contributed by atoms with Gasteiger partial charge >= 0.3 is 6.03 Å². The SMILES string of the molecule is CCC1(CCCN2CCN(c3cccc(Cl)c3)CC2)N=NC(=O)N1CCOc1ccccc1. The normalized spacial score (nSPS) is 21.1. The molecule has 0 bridgehead atoms. The van der Waals surface area contributed by atoms with E-state index < -0.39 is 5.66 Å². The van der Waals surface area contributed by atoms with E-state index in [-0.39, 0.29) is 6.03 Å². The van der Waals surface area contributed by atoms with Crippen LogP contribution in [-0.2, 0) is 0 Å². The second kappa shape index (κ2) is 11.0. The van der Waals surface area contributed by atoms with Gasteiger partial charge in [0.1, 0.15) is 12.4 Å². The molecule has 1 fully saturated rings. The fraction of sp³-hybridized carbons (Fsp3) is 0.480. The van der Waals surface area contributed by atoms with E-state index in [1.54, 1.807) is 4.90 Å². The van der Waals surface area contributed by atoms with E-state index in [0.29, 0.717) is 13.2 Å². The maximum Gasteiger partial charge on any atom is 0.364 e. The first kappa shape index (κ1) is 23.5. The minimum atomic E-state index is -0.556. The van der Waals surface area contributed by atoms with Crippen LogP contribution < -0.4 is 9.64 Å². The van der Waals surface area contributed by atoms with Gasteiger partial charge in [0, 0.05) is 36.9 Å². The molecule has 0 aromatic heterocycles. The summed E-state index contributed by atoms with van der Waals surface area (Å²) >= 11 is 6.15. The smallest absolute Gasteiger partial charge is 0.364 e. The van der Waals surface area contributed by atoms with Crippen LogP contribution in [0.15, 0.2) is 64.8 Å². The van der Waals surface area contributed by atoms with Crippen molar-refractivity contribution in [3.05, 3.63) is 59.6 Å². The van der Waals surface area contributed by atoms with E-state index >= 15 is 0 Å². The van der Waals surface area contributed by atoms with Crippen molar-refractivity contribution in [2.75, 3.05) is 50.8 Å². The van der Waals surface area contributed by atoms with Gasteiger partial charge in [-0.3, -0.25) is 9.80 Å². The number of benzene rings is 2. The number of para-hydroxylation sites is 1. The number of ether oxygens (including phenoxy) is 1. The quantitative estimate of drug-likeness (QED) is 0.472. The summed E-state index contributed by atoms with van der Waals surface area (Å²) in [6.45, 7) is 7.97. The number of carbonyl (C=O) groups is 1. The molecule has 4 rings (SSSR count). The van der Waals surface area contributed by atoms with Crippen molar-refractivity contribution >= 4 is 23.3 Å². The van der Waals surface area contributed by atoms with Gasteiger partial charge in [-0.15, -0.1) is 0 Å². The first-order valence-corrected chi connectivity index (χ1v) is 12.1. The van der Waals surface area contributed by atoms with Crippen LogP contribution in [0.4, 0.5) is 10.5 Å². The van der Waals surface area contributed by atoms with Crippen LogP contribution in [0.5, 0.6) is 5.75 Å². The molecule has 2 amide bonds. The lowest BCUT2D eigenvalue weighted by molar-refractivity contribution is 0.109. The predicted octanol–water partition coefficient (Wildman–Crippen LogP) is 5.32. The van der Waals surface area contributed by atoms with Gasteiger partial charge in [0.2, 0.25) is 0 Å².